The minimum absolute atomic E-state index is 0.290. The summed E-state index contributed by atoms with van der Waals surface area (Å²) in [5.41, 5.74) is 0. The van der Waals surface area contributed by atoms with Gasteiger partial charge in [0, 0.05) is 11.2 Å². The molecule has 62 valence electrons. The van der Waals surface area contributed by atoms with E-state index in [1.165, 1.54) is 6.42 Å². The van der Waals surface area contributed by atoms with Gasteiger partial charge in [-0.3, -0.25) is 4.79 Å². The molecular formula is C8H13NOS. The van der Waals surface area contributed by atoms with Crippen molar-refractivity contribution in [2.75, 3.05) is 13.1 Å². The van der Waals surface area contributed by atoms with Crippen LogP contribution in [0.1, 0.15) is 13.3 Å². The van der Waals surface area contributed by atoms with E-state index < -0.39 is 0 Å². The Kier molecular flexibility index (Phi) is 1.93. The summed E-state index contributed by atoms with van der Waals surface area (Å²) in [7, 11) is 0. The number of rotatable bonds is 0. The molecule has 3 atom stereocenters. The van der Waals surface area contributed by atoms with Gasteiger partial charge in [0.1, 0.15) is 0 Å². The largest absolute Gasteiger partial charge is 0.316 e. The molecule has 3 heteroatoms. The van der Waals surface area contributed by atoms with Crippen molar-refractivity contribution in [2.45, 2.75) is 18.6 Å². The van der Waals surface area contributed by atoms with Crippen LogP contribution >= 0.6 is 11.8 Å². The molecule has 2 rings (SSSR count). The first kappa shape index (κ1) is 7.62. The molecular weight excluding hydrogens is 158 g/mol. The van der Waals surface area contributed by atoms with E-state index >= 15 is 0 Å². The number of carbonyl (C=O) groups excluding carboxylic acids is 1. The predicted molar refractivity (Wildman–Crippen MR) is 46.5 cm³/mol. The molecule has 0 aromatic heterocycles. The molecule has 2 aliphatic rings. The monoisotopic (exact) mass is 171 g/mol. The number of piperidine rings is 1. The first-order valence-corrected chi connectivity index (χ1v) is 5.08. The summed E-state index contributed by atoms with van der Waals surface area (Å²) >= 11 is 1.58. The van der Waals surface area contributed by atoms with Gasteiger partial charge >= 0.3 is 0 Å². The lowest BCUT2D eigenvalue weighted by molar-refractivity contribution is -0.114. The fourth-order valence-electron chi connectivity index (χ4n) is 1.93. The Balaban J connectivity index is 2.11. The first-order valence-electron chi connectivity index (χ1n) is 4.20. The average molecular weight is 171 g/mol. The summed E-state index contributed by atoms with van der Waals surface area (Å²) < 4.78 is 0. The lowest BCUT2D eigenvalue weighted by Gasteiger charge is -2.26. The van der Waals surface area contributed by atoms with Crippen molar-refractivity contribution in [1.82, 2.24) is 5.32 Å². The van der Waals surface area contributed by atoms with Gasteiger partial charge in [-0.2, -0.15) is 0 Å². The zero-order valence-corrected chi connectivity index (χ0v) is 7.49. The van der Waals surface area contributed by atoms with Crippen LogP contribution in [0.5, 0.6) is 0 Å². The summed E-state index contributed by atoms with van der Waals surface area (Å²) in [4.78, 5) is 11.3. The van der Waals surface area contributed by atoms with E-state index in [0.29, 0.717) is 16.3 Å². The van der Waals surface area contributed by atoms with E-state index in [9.17, 15) is 4.79 Å². The number of thioether (sulfide) groups is 1. The maximum Gasteiger partial charge on any atom is 0.192 e. The molecule has 0 aliphatic carbocycles. The van der Waals surface area contributed by atoms with Gasteiger partial charge in [0.15, 0.2) is 5.12 Å². The molecule has 1 N–H and O–H groups in total. The Morgan fingerprint density at radius 1 is 1.64 bits per heavy atom. The highest BCUT2D eigenvalue weighted by Gasteiger charge is 2.41. The highest BCUT2D eigenvalue weighted by molar-refractivity contribution is 8.14. The van der Waals surface area contributed by atoms with E-state index in [1.54, 1.807) is 11.8 Å². The van der Waals surface area contributed by atoms with E-state index in [1.807, 2.05) is 0 Å². The summed E-state index contributed by atoms with van der Waals surface area (Å²) in [6.07, 6.45) is 1.17. The standard InChI is InChI=1S/C8H13NOS/c1-5-6-4-9-3-2-7(6)11-8(5)10/h5-7,9H,2-4H2,1H3. The van der Waals surface area contributed by atoms with Gasteiger partial charge in [-0.05, 0) is 25.4 Å². The van der Waals surface area contributed by atoms with Gasteiger partial charge in [-0.15, -0.1) is 0 Å². The molecule has 2 saturated heterocycles. The maximum absolute atomic E-state index is 11.3. The van der Waals surface area contributed by atoms with Crippen LogP contribution < -0.4 is 5.32 Å². The number of nitrogens with one attached hydrogen (secondary N) is 1. The second-order valence-corrected chi connectivity index (χ2v) is 4.66. The SMILES string of the molecule is CC1C(=O)SC2CCNCC21. The predicted octanol–water partition coefficient (Wildman–Crippen LogP) is 0.874. The molecule has 2 aliphatic heterocycles. The summed E-state index contributed by atoms with van der Waals surface area (Å²) in [6, 6.07) is 0. The zero-order chi connectivity index (χ0) is 7.84. The number of hydrogen-bond acceptors (Lipinski definition) is 3. The molecule has 0 bridgehead atoms. The minimum atomic E-state index is 0.290. The second kappa shape index (κ2) is 2.79. The van der Waals surface area contributed by atoms with Gasteiger partial charge < -0.3 is 5.32 Å². The van der Waals surface area contributed by atoms with E-state index in [-0.39, 0.29) is 5.92 Å². The lowest BCUT2D eigenvalue weighted by atomic mass is 9.88. The van der Waals surface area contributed by atoms with Crippen molar-refractivity contribution >= 4 is 16.9 Å². The first-order chi connectivity index (χ1) is 5.29. The van der Waals surface area contributed by atoms with Crippen molar-refractivity contribution in [1.29, 1.82) is 0 Å². The number of hydrogen-bond donors (Lipinski definition) is 1. The molecule has 2 heterocycles. The van der Waals surface area contributed by atoms with Crippen molar-refractivity contribution in [3.05, 3.63) is 0 Å². The highest BCUT2D eigenvalue weighted by atomic mass is 32.2. The Bertz CT molecular complexity index is 183. The van der Waals surface area contributed by atoms with Crippen LogP contribution in [-0.2, 0) is 4.79 Å². The van der Waals surface area contributed by atoms with Crippen LogP contribution in [0.15, 0.2) is 0 Å². The van der Waals surface area contributed by atoms with Gasteiger partial charge in [0.2, 0.25) is 0 Å². The Morgan fingerprint density at radius 2 is 2.45 bits per heavy atom. The number of fused-ring (bicyclic) bond motifs is 1. The molecule has 3 unspecified atom stereocenters. The molecule has 2 fully saturated rings. The molecule has 0 saturated carbocycles. The molecule has 0 amide bonds. The van der Waals surface area contributed by atoms with Crippen LogP contribution in [0.2, 0.25) is 0 Å². The Labute approximate surface area is 71.1 Å². The van der Waals surface area contributed by atoms with Gasteiger partial charge in [-0.1, -0.05) is 18.7 Å². The second-order valence-electron chi connectivity index (χ2n) is 3.42. The summed E-state index contributed by atoms with van der Waals surface area (Å²) in [5.74, 6) is 0.902. The van der Waals surface area contributed by atoms with E-state index in [0.717, 1.165) is 13.1 Å². The minimum Gasteiger partial charge on any atom is -0.316 e. The van der Waals surface area contributed by atoms with Crippen LogP contribution in [0.25, 0.3) is 0 Å². The topological polar surface area (TPSA) is 29.1 Å². The van der Waals surface area contributed by atoms with Crippen LogP contribution in [0.4, 0.5) is 0 Å². The van der Waals surface area contributed by atoms with Gasteiger partial charge in [0.25, 0.3) is 0 Å². The molecule has 0 aromatic carbocycles. The van der Waals surface area contributed by atoms with Crippen molar-refractivity contribution in [3.8, 4) is 0 Å². The molecule has 0 radical (unpaired) electrons. The van der Waals surface area contributed by atoms with Crippen LogP contribution in [0.3, 0.4) is 0 Å². The summed E-state index contributed by atoms with van der Waals surface area (Å²) in [5, 5.41) is 4.37. The van der Waals surface area contributed by atoms with Gasteiger partial charge in [0.05, 0.1) is 0 Å². The maximum atomic E-state index is 11.3. The number of carbonyl (C=O) groups is 1. The molecule has 11 heavy (non-hydrogen) atoms. The molecule has 0 aromatic rings. The fourth-order valence-corrected chi connectivity index (χ4v) is 3.37. The quantitative estimate of drug-likeness (QED) is 0.586. The average Bonchev–Trinajstić information content (AvgIpc) is 2.30. The van der Waals surface area contributed by atoms with Gasteiger partial charge in [-0.25, -0.2) is 0 Å². The molecule has 2 nitrogen and oxygen atoms in total. The van der Waals surface area contributed by atoms with E-state index in [2.05, 4.69) is 12.2 Å². The van der Waals surface area contributed by atoms with Crippen molar-refractivity contribution in [2.24, 2.45) is 11.8 Å². The Morgan fingerprint density at radius 3 is 3.18 bits per heavy atom. The highest BCUT2D eigenvalue weighted by Crippen LogP contribution is 2.40. The fraction of sp³-hybridized carbons (Fsp3) is 0.875. The third-order valence-corrected chi connectivity index (χ3v) is 4.24. The zero-order valence-electron chi connectivity index (χ0n) is 6.67. The van der Waals surface area contributed by atoms with Crippen molar-refractivity contribution in [3.63, 3.8) is 0 Å². The van der Waals surface area contributed by atoms with Crippen molar-refractivity contribution < 1.29 is 4.79 Å². The normalized spacial score (nSPS) is 44.1. The lowest BCUT2D eigenvalue weighted by Crippen LogP contribution is -2.38. The van der Waals surface area contributed by atoms with E-state index in [4.69, 9.17) is 0 Å². The third kappa shape index (κ3) is 1.20. The summed E-state index contributed by atoms with van der Waals surface area (Å²) in [6.45, 7) is 4.20. The van der Waals surface area contributed by atoms with Crippen LogP contribution in [-0.4, -0.2) is 23.5 Å². The third-order valence-electron chi connectivity index (χ3n) is 2.74. The smallest absolute Gasteiger partial charge is 0.192 e. The van der Waals surface area contributed by atoms with Crippen LogP contribution in [0, 0.1) is 11.8 Å². The molecule has 0 spiro atoms. The Hall–Kier alpha value is -0.0200.